The number of hydrogen-bond acceptors (Lipinski definition) is 8. The number of rotatable bonds is 8. The van der Waals surface area contributed by atoms with Gasteiger partial charge in [-0.15, -0.1) is 0 Å². The lowest BCUT2D eigenvalue weighted by Crippen LogP contribution is -2.44. The summed E-state index contributed by atoms with van der Waals surface area (Å²) in [5, 5.41) is 5.97. The fourth-order valence-electron chi connectivity index (χ4n) is 4.17. The van der Waals surface area contributed by atoms with Crippen molar-refractivity contribution in [1.82, 2.24) is 20.4 Å². The van der Waals surface area contributed by atoms with E-state index in [1.165, 1.54) is 0 Å². The highest BCUT2D eigenvalue weighted by atomic mass is 16.6. The predicted octanol–water partition coefficient (Wildman–Crippen LogP) is 0.0508. The molecule has 0 radical (unpaired) electrons. The third-order valence-electron chi connectivity index (χ3n) is 5.71. The zero-order valence-corrected chi connectivity index (χ0v) is 19.7. The highest BCUT2D eigenvalue weighted by Gasteiger charge is 2.31. The van der Waals surface area contributed by atoms with Gasteiger partial charge in [0, 0.05) is 12.1 Å². The van der Waals surface area contributed by atoms with E-state index in [0.717, 1.165) is 0 Å². The Morgan fingerprint density at radius 3 is 1.22 bits per heavy atom. The minimum Gasteiger partial charge on any atom is -0.454 e. The maximum Gasteiger partial charge on any atom is 0.417 e. The molecule has 2 fully saturated rings. The van der Waals surface area contributed by atoms with Crippen LogP contribution in [0.3, 0.4) is 0 Å². The molecule has 0 aromatic rings. The van der Waals surface area contributed by atoms with Crippen LogP contribution in [0.15, 0.2) is 0 Å². The van der Waals surface area contributed by atoms with Gasteiger partial charge < -0.3 is 29.9 Å². The largest absolute Gasteiger partial charge is 0.454 e. The second kappa shape index (κ2) is 12.7. The molecule has 0 aromatic carbocycles. The lowest BCUT2D eigenvalue weighted by Gasteiger charge is -2.30. The van der Waals surface area contributed by atoms with Gasteiger partial charge in [0.05, 0.1) is 13.1 Å². The Labute approximate surface area is 190 Å². The molecule has 0 saturated heterocycles. The maximum atomic E-state index is 12.1. The van der Waals surface area contributed by atoms with Crippen molar-refractivity contribution in [3.63, 3.8) is 0 Å². The first-order valence-corrected chi connectivity index (χ1v) is 11.4. The van der Waals surface area contributed by atoms with Crippen LogP contribution in [0.5, 0.6) is 0 Å². The standard InChI is InChI=1S/C22H38N4O6/c1-25(2)13-19(27)23-15-5-9-17(10-6-15)31-21(29)22(30)32-18-11-7-16(8-12-18)24-20(28)14-26(3)4/h15-18H,5-14H2,1-4H3,(H,23,27)(H,24,28). The molecule has 0 unspecified atom stereocenters. The van der Waals surface area contributed by atoms with Crippen molar-refractivity contribution in [3.05, 3.63) is 0 Å². The van der Waals surface area contributed by atoms with Gasteiger partial charge >= 0.3 is 11.9 Å². The first kappa shape index (κ1) is 26.1. The molecule has 2 aliphatic rings. The van der Waals surface area contributed by atoms with Crippen molar-refractivity contribution in [3.8, 4) is 0 Å². The predicted molar refractivity (Wildman–Crippen MR) is 118 cm³/mol. The summed E-state index contributed by atoms with van der Waals surface area (Å²) < 4.78 is 10.7. The highest BCUT2D eigenvalue weighted by molar-refractivity contribution is 6.29. The van der Waals surface area contributed by atoms with Crippen LogP contribution in [0, 0.1) is 0 Å². The molecule has 0 spiro atoms. The molecule has 10 heteroatoms. The van der Waals surface area contributed by atoms with Crippen LogP contribution in [0.2, 0.25) is 0 Å². The average molecular weight is 455 g/mol. The van der Waals surface area contributed by atoms with Crippen molar-refractivity contribution in [2.24, 2.45) is 0 Å². The van der Waals surface area contributed by atoms with Gasteiger partial charge in [-0.3, -0.25) is 9.59 Å². The van der Waals surface area contributed by atoms with Crippen molar-refractivity contribution >= 4 is 23.8 Å². The van der Waals surface area contributed by atoms with E-state index < -0.39 is 11.9 Å². The third kappa shape index (κ3) is 9.52. The number of carbonyl (C=O) groups excluding carboxylic acids is 4. The SMILES string of the molecule is CN(C)CC(=O)NC1CCC(OC(=O)C(=O)OC2CCC(NC(=O)CN(C)C)CC2)CC1. The number of nitrogens with zero attached hydrogens (tertiary/aromatic N) is 2. The van der Waals surface area contributed by atoms with Gasteiger partial charge in [0.15, 0.2) is 0 Å². The van der Waals surface area contributed by atoms with E-state index in [9.17, 15) is 19.2 Å². The summed E-state index contributed by atoms with van der Waals surface area (Å²) in [4.78, 5) is 51.6. The van der Waals surface area contributed by atoms with Gasteiger partial charge in [0.25, 0.3) is 0 Å². The summed E-state index contributed by atoms with van der Waals surface area (Å²) >= 11 is 0. The van der Waals surface area contributed by atoms with E-state index in [1.54, 1.807) is 0 Å². The van der Waals surface area contributed by atoms with Gasteiger partial charge in [-0.05, 0) is 79.6 Å². The lowest BCUT2D eigenvalue weighted by atomic mass is 9.92. The van der Waals surface area contributed by atoms with E-state index in [2.05, 4.69) is 10.6 Å². The number of nitrogens with one attached hydrogen (secondary N) is 2. The molecule has 2 rings (SSSR count). The first-order chi connectivity index (χ1) is 15.1. The fraction of sp³-hybridized carbons (Fsp3) is 0.818. The molecule has 0 atom stereocenters. The second-order valence-electron chi connectivity index (χ2n) is 9.37. The Morgan fingerprint density at radius 2 is 0.938 bits per heavy atom. The van der Waals surface area contributed by atoms with Crippen molar-refractivity contribution in [1.29, 1.82) is 0 Å². The highest BCUT2D eigenvalue weighted by Crippen LogP contribution is 2.23. The molecule has 32 heavy (non-hydrogen) atoms. The molecule has 182 valence electrons. The summed E-state index contributed by atoms with van der Waals surface area (Å²) in [6.45, 7) is 0.677. The smallest absolute Gasteiger partial charge is 0.417 e. The molecule has 2 amide bonds. The molecule has 0 aliphatic heterocycles. The summed E-state index contributed by atoms with van der Waals surface area (Å²) in [6.07, 6.45) is 4.55. The van der Waals surface area contributed by atoms with Gasteiger partial charge in [-0.2, -0.15) is 0 Å². The Bertz CT molecular complexity index is 597. The van der Waals surface area contributed by atoms with Crippen LogP contribution in [-0.4, -0.2) is 99.1 Å². The second-order valence-corrected chi connectivity index (χ2v) is 9.37. The molecule has 2 N–H and O–H groups in total. The van der Waals surface area contributed by atoms with Gasteiger partial charge in [0.2, 0.25) is 11.8 Å². The number of hydrogen-bond donors (Lipinski definition) is 2. The quantitative estimate of drug-likeness (QED) is 0.390. The molecule has 0 heterocycles. The van der Waals surface area contributed by atoms with Gasteiger partial charge in [-0.25, -0.2) is 9.59 Å². The van der Waals surface area contributed by atoms with Crippen molar-refractivity contribution in [2.75, 3.05) is 41.3 Å². The van der Waals surface area contributed by atoms with E-state index >= 15 is 0 Å². The Balaban J connectivity index is 1.63. The normalized spacial score (nSPS) is 25.8. The van der Waals surface area contributed by atoms with Crippen LogP contribution in [0.4, 0.5) is 0 Å². The van der Waals surface area contributed by atoms with Crippen molar-refractivity contribution in [2.45, 2.75) is 75.7 Å². The van der Waals surface area contributed by atoms with Crippen LogP contribution in [-0.2, 0) is 28.7 Å². The maximum absolute atomic E-state index is 12.1. The zero-order chi connectivity index (χ0) is 23.7. The van der Waals surface area contributed by atoms with Gasteiger partial charge in [-0.1, -0.05) is 0 Å². The van der Waals surface area contributed by atoms with Crippen LogP contribution >= 0.6 is 0 Å². The summed E-state index contributed by atoms with van der Waals surface area (Å²) in [5.41, 5.74) is 0. The van der Waals surface area contributed by atoms with Crippen LogP contribution in [0.25, 0.3) is 0 Å². The minimum atomic E-state index is -0.952. The third-order valence-corrected chi connectivity index (χ3v) is 5.71. The molecular formula is C22H38N4O6. The zero-order valence-electron chi connectivity index (χ0n) is 19.7. The van der Waals surface area contributed by atoms with E-state index in [4.69, 9.17) is 9.47 Å². The van der Waals surface area contributed by atoms with E-state index in [0.29, 0.717) is 64.5 Å². The fourth-order valence-corrected chi connectivity index (χ4v) is 4.17. The Hall–Kier alpha value is -2.20. The van der Waals surface area contributed by atoms with Crippen LogP contribution in [0.1, 0.15) is 51.4 Å². The van der Waals surface area contributed by atoms with E-state index in [1.807, 2.05) is 38.0 Å². The van der Waals surface area contributed by atoms with E-state index in [-0.39, 0.29) is 36.1 Å². The average Bonchev–Trinajstić information content (AvgIpc) is 2.69. The Kier molecular flexibility index (Phi) is 10.4. The molecular weight excluding hydrogens is 416 g/mol. The Morgan fingerprint density at radius 1 is 0.625 bits per heavy atom. The topological polar surface area (TPSA) is 117 Å². The number of esters is 2. The molecule has 0 aromatic heterocycles. The number of carbonyl (C=O) groups is 4. The number of ether oxygens (including phenoxy) is 2. The summed E-state index contributed by atoms with van der Waals surface area (Å²) in [7, 11) is 7.35. The number of likely N-dealkylation sites (N-methyl/N-ethyl adjacent to an activating group) is 2. The molecule has 10 nitrogen and oxygen atoms in total. The molecule has 2 aliphatic carbocycles. The van der Waals surface area contributed by atoms with Crippen LogP contribution < -0.4 is 10.6 Å². The minimum absolute atomic E-state index is 0.0222. The van der Waals surface area contributed by atoms with Gasteiger partial charge in [0.1, 0.15) is 12.2 Å². The molecule has 2 saturated carbocycles. The lowest BCUT2D eigenvalue weighted by molar-refractivity contribution is -0.176. The number of amides is 2. The first-order valence-electron chi connectivity index (χ1n) is 11.4. The molecule has 0 bridgehead atoms. The van der Waals surface area contributed by atoms with Crippen molar-refractivity contribution < 1.29 is 28.7 Å². The summed E-state index contributed by atoms with van der Waals surface area (Å²) in [6, 6.07) is 0.135. The monoisotopic (exact) mass is 454 g/mol. The summed E-state index contributed by atoms with van der Waals surface area (Å²) in [5.74, 6) is -1.95.